The smallest absolute Gasteiger partial charge is 0.306 e. The van der Waals surface area contributed by atoms with Crippen LogP contribution in [0.4, 0.5) is 0 Å². The Morgan fingerprint density at radius 3 is 1.54 bits per heavy atom. The molecule has 3 nitrogen and oxygen atoms in total. The molecular formula is C20H31O3P. The summed E-state index contributed by atoms with van der Waals surface area (Å²) in [6.45, 7) is 15.0. The minimum Gasteiger partial charge on any atom is -0.306 e. The number of rotatable bonds is 12. The Kier molecular flexibility index (Phi) is 10.0. The van der Waals surface area contributed by atoms with Crippen LogP contribution in [0.1, 0.15) is 53.4 Å². The second kappa shape index (κ2) is 10.6. The zero-order chi connectivity index (χ0) is 18.8. The van der Waals surface area contributed by atoms with Crippen LogP contribution in [-0.4, -0.2) is 12.2 Å². The van der Waals surface area contributed by atoms with E-state index in [1.54, 1.807) is 12.2 Å². The van der Waals surface area contributed by atoms with E-state index in [1.807, 2.05) is 27.7 Å². The maximum absolute atomic E-state index is 12.5. The molecule has 24 heavy (non-hydrogen) atoms. The summed E-state index contributed by atoms with van der Waals surface area (Å²) in [6, 6.07) is 0. The average molecular weight is 350 g/mol. The lowest BCUT2D eigenvalue weighted by molar-refractivity contribution is 0.0497. The lowest BCUT2D eigenvalue weighted by Crippen LogP contribution is -2.31. The van der Waals surface area contributed by atoms with Gasteiger partial charge in [-0.3, -0.25) is 4.57 Å². The molecule has 2 atom stereocenters. The number of hydrogen-bond acceptors (Lipinski definition) is 3. The third-order valence-electron chi connectivity index (χ3n) is 4.10. The summed E-state index contributed by atoms with van der Waals surface area (Å²) >= 11 is 0. The van der Waals surface area contributed by atoms with Crippen molar-refractivity contribution >= 4 is 8.25 Å². The van der Waals surface area contributed by atoms with Gasteiger partial charge in [-0.25, -0.2) is 0 Å². The predicted molar refractivity (Wildman–Crippen MR) is 103 cm³/mol. The molecule has 0 saturated carbocycles. The van der Waals surface area contributed by atoms with Crippen molar-refractivity contribution in [3.8, 4) is 24.7 Å². The molecule has 0 bridgehead atoms. The molecule has 0 fully saturated rings. The van der Waals surface area contributed by atoms with Crippen molar-refractivity contribution in [2.24, 2.45) is 10.8 Å². The van der Waals surface area contributed by atoms with E-state index in [2.05, 4.69) is 25.0 Å². The first-order valence-corrected chi connectivity index (χ1v) is 9.41. The molecule has 0 N–H and O–H groups in total. The van der Waals surface area contributed by atoms with Crippen LogP contribution >= 0.6 is 8.25 Å². The normalized spacial score (nSPS) is 15.6. The highest BCUT2D eigenvalue weighted by Gasteiger charge is 2.33. The highest BCUT2D eigenvalue weighted by molar-refractivity contribution is 7.33. The first-order valence-electron chi connectivity index (χ1n) is 8.19. The Morgan fingerprint density at radius 2 is 1.29 bits per heavy atom. The van der Waals surface area contributed by atoms with Crippen molar-refractivity contribution in [1.82, 2.24) is 0 Å². The third-order valence-corrected chi connectivity index (χ3v) is 5.05. The second-order valence-electron chi connectivity index (χ2n) is 6.93. The van der Waals surface area contributed by atoms with Gasteiger partial charge in [-0.05, 0) is 53.4 Å². The number of hydrogen-bond donors (Lipinski definition) is 0. The van der Waals surface area contributed by atoms with Crippen LogP contribution in [0.5, 0.6) is 0 Å². The Balaban J connectivity index is 5.08. The number of allylic oxidation sites excluding steroid dienone is 2. The van der Waals surface area contributed by atoms with Gasteiger partial charge in [0.1, 0.15) is 0 Å². The molecule has 0 aliphatic rings. The summed E-state index contributed by atoms with van der Waals surface area (Å²) in [7, 11) is -2.74. The maximum Gasteiger partial charge on any atom is 0.319 e. The molecule has 2 unspecified atom stereocenters. The quantitative estimate of drug-likeness (QED) is 0.269. The minimum absolute atomic E-state index is 0.374. The molecule has 0 spiro atoms. The van der Waals surface area contributed by atoms with Crippen LogP contribution in [0.25, 0.3) is 0 Å². The van der Waals surface area contributed by atoms with Crippen molar-refractivity contribution in [1.29, 1.82) is 0 Å². The fourth-order valence-corrected chi connectivity index (χ4v) is 3.46. The molecule has 4 heteroatoms. The average Bonchev–Trinajstić information content (AvgIpc) is 2.54. The largest absolute Gasteiger partial charge is 0.319 e. The predicted octanol–water partition coefficient (Wildman–Crippen LogP) is 5.40. The molecule has 0 aromatic carbocycles. The SMILES string of the molecule is C#CC(C)(C)C(CCC=C)O[PH](=O)OC(CCC=C)C(C)(C)C#C. The summed E-state index contributed by atoms with van der Waals surface area (Å²) in [5.74, 6) is 5.40. The Hall–Kier alpha value is -1.25. The maximum atomic E-state index is 12.5. The van der Waals surface area contributed by atoms with Gasteiger partial charge in [0, 0.05) is 0 Å². The van der Waals surface area contributed by atoms with Gasteiger partial charge in [-0.1, -0.05) is 24.0 Å². The molecule has 0 radical (unpaired) electrons. The zero-order valence-electron chi connectivity index (χ0n) is 15.4. The standard InChI is InChI=1S/C20H31O3P/c1-9-13-15-17(19(5,6)11-3)22-24(21)23-18(16-14-10-2)20(7,8)12-4/h3-4,9-10,17-18,24H,1-2,13-16H2,5-8H3. The van der Waals surface area contributed by atoms with Crippen LogP contribution in [0.3, 0.4) is 0 Å². The van der Waals surface area contributed by atoms with Crippen molar-refractivity contribution < 1.29 is 13.6 Å². The van der Waals surface area contributed by atoms with Crippen molar-refractivity contribution in [2.75, 3.05) is 0 Å². The van der Waals surface area contributed by atoms with Gasteiger partial charge in [0.15, 0.2) is 0 Å². The first-order chi connectivity index (χ1) is 11.1. The Bertz CT molecular complexity index is 474. The summed E-state index contributed by atoms with van der Waals surface area (Å²) in [5.41, 5.74) is -1.10. The third kappa shape index (κ3) is 7.55. The summed E-state index contributed by atoms with van der Waals surface area (Å²) in [4.78, 5) is 0. The fourth-order valence-electron chi connectivity index (χ4n) is 2.12. The van der Waals surface area contributed by atoms with Crippen LogP contribution in [-0.2, 0) is 13.6 Å². The van der Waals surface area contributed by atoms with Crippen LogP contribution in [0.2, 0.25) is 0 Å². The van der Waals surface area contributed by atoms with Gasteiger partial charge >= 0.3 is 8.25 Å². The van der Waals surface area contributed by atoms with Crippen molar-refractivity contribution in [2.45, 2.75) is 65.6 Å². The van der Waals surface area contributed by atoms with Crippen LogP contribution in [0, 0.1) is 35.5 Å². The monoisotopic (exact) mass is 350 g/mol. The molecule has 0 rings (SSSR count). The molecule has 0 aliphatic heterocycles. The minimum atomic E-state index is -2.74. The molecular weight excluding hydrogens is 319 g/mol. The van der Waals surface area contributed by atoms with E-state index in [0.717, 1.165) is 12.8 Å². The topological polar surface area (TPSA) is 35.5 Å². The highest BCUT2D eigenvalue weighted by atomic mass is 31.1. The first kappa shape index (κ1) is 22.8. The van der Waals surface area contributed by atoms with Crippen molar-refractivity contribution in [3.05, 3.63) is 25.3 Å². The lowest BCUT2D eigenvalue weighted by Gasteiger charge is -2.32. The Labute approximate surface area is 148 Å². The molecule has 0 heterocycles. The van der Waals surface area contributed by atoms with Gasteiger partial charge in [-0.2, -0.15) is 0 Å². The Morgan fingerprint density at radius 1 is 0.958 bits per heavy atom. The van der Waals surface area contributed by atoms with Crippen LogP contribution in [0.15, 0.2) is 25.3 Å². The fraction of sp³-hybridized carbons (Fsp3) is 0.600. The van der Waals surface area contributed by atoms with E-state index in [1.165, 1.54) is 0 Å². The molecule has 0 aliphatic carbocycles. The molecule has 0 aromatic heterocycles. The van der Waals surface area contributed by atoms with Gasteiger partial charge < -0.3 is 9.05 Å². The molecule has 134 valence electrons. The van der Waals surface area contributed by atoms with Gasteiger partial charge in [0.05, 0.1) is 23.0 Å². The van der Waals surface area contributed by atoms with E-state index >= 15 is 0 Å². The van der Waals surface area contributed by atoms with Gasteiger partial charge in [0.2, 0.25) is 0 Å². The van der Waals surface area contributed by atoms with Gasteiger partial charge in [0.25, 0.3) is 0 Å². The second-order valence-corrected chi connectivity index (χ2v) is 7.90. The summed E-state index contributed by atoms with van der Waals surface area (Å²) in [6.07, 6.45) is 16.7. The van der Waals surface area contributed by atoms with E-state index in [0.29, 0.717) is 12.8 Å². The molecule has 0 saturated heterocycles. The van der Waals surface area contributed by atoms with E-state index in [9.17, 15) is 4.57 Å². The van der Waals surface area contributed by atoms with Crippen molar-refractivity contribution in [3.63, 3.8) is 0 Å². The lowest BCUT2D eigenvalue weighted by atomic mass is 9.85. The zero-order valence-corrected chi connectivity index (χ0v) is 16.4. The highest BCUT2D eigenvalue weighted by Crippen LogP contribution is 2.40. The van der Waals surface area contributed by atoms with Crippen LogP contribution < -0.4 is 0 Å². The molecule has 0 amide bonds. The van der Waals surface area contributed by atoms with E-state index < -0.39 is 19.1 Å². The summed E-state index contributed by atoms with van der Waals surface area (Å²) < 4.78 is 23.9. The van der Waals surface area contributed by atoms with E-state index in [4.69, 9.17) is 21.9 Å². The summed E-state index contributed by atoms with van der Waals surface area (Å²) in [5, 5.41) is 0. The van der Waals surface area contributed by atoms with E-state index in [-0.39, 0.29) is 12.2 Å². The van der Waals surface area contributed by atoms with Gasteiger partial charge in [-0.15, -0.1) is 26.0 Å². The number of terminal acetylenes is 2. The molecule has 0 aromatic rings.